The SMILES string of the molecule is CCCOc1ccc(C2c3c(oc4ccccc4c3=O)C(=O)N2CCN2CCOCC2)cc1OCC. The molecule has 1 saturated heterocycles. The smallest absolute Gasteiger partial charge is 0.290 e. The van der Waals surface area contributed by atoms with Gasteiger partial charge in [0.1, 0.15) is 5.58 Å². The van der Waals surface area contributed by atoms with E-state index < -0.39 is 6.04 Å². The molecule has 1 atom stereocenters. The van der Waals surface area contributed by atoms with E-state index in [0.29, 0.717) is 67.5 Å². The molecule has 2 aliphatic rings. The number of carbonyl (C=O) groups excluding carboxylic acids is 1. The Bertz CT molecular complexity index is 1300. The second-order valence-electron chi connectivity index (χ2n) is 9.01. The Hall–Kier alpha value is -3.36. The molecule has 0 N–H and O–H groups in total. The van der Waals surface area contributed by atoms with Crippen molar-refractivity contribution >= 4 is 16.9 Å². The summed E-state index contributed by atoms with van der Waals surface area (Å²) in [6, 6.07) is 12.2. The van der Waals surface area contributed by atoms with Gasteiger partial charge in [0.25, 0.3) is 5.91 Å². The maximum absolute atomic E-state index is 13.7. The van der Waals surface area contributed by atoms with Gasteiger partial charge in [0.05, 0.1) is 43.4 Å². The number of hydrogen-bond acceptors (Lipinski definition) is 7. The fourth-order valence-corrected chi connectivity index (χ4v) is 4.91. The van der Waals surface area contributed by atoms with E-state index in [4.69, 9.17) is 18.6 Å². The summed E-state index contributed by atoms with van der Waals surface area (Å²) in [5, 5.41) is 0.469. The molecule has 3 aromatic rings. The quantitative estimate of drug-likeness (QED) is 0.449. The van der Waals surface area contributed by atoms with Crippen molar-refractivity contribution in [1.82, 2.24) is 9.80 Å². The summed E-state index contributed by atoms with van der Waals surface area (Å²) in [6.45, 7) is 9.15. The second-order valence-corrected chi connectivity index (χ2v) is 9.01. The number of hydrogen-bond donors (Lipinski definition) is 0. The van der Waals surface area contributed by atoms with Gasteiger partial charge in [-0.1, -0.05) is 25.1 Å². The van der Waals surface area contributed by atoms with Gasteiger partial charge >= 0.3 is 0 Å². The van der Waals surface area contributed by atoms with Crippen LogP contribution in [0, 0.1) is 0 Å². The van der Waals surface area contributed by atoms with Crippen LogP contribution in [0.15, 0.2) is 51.7 Å². The second kappa shape index (κ2) is 10.7. The summed E-state index contributed by atoms with van der Waals surface area (Å²) < 4.78 is 23.3. The molecule has 2 aliphatic heterocycles. The highest BCUT2D eigenvalue weighted by molar-refractivity contribution is 5.99. The third-order valence-electron chi connectivity index (χ3n) is 6.68. The van der Waals surface area contributed by atoms with Crippen molar-refractivity contribution in [2.75, 3.05) is 52.6 Å². The molecule has 2 aromatic carbocycles. The lowest BCUT2D eigenvalue weighted by molar-refractivity contribution is 0.0314. The maximum atomic E-state index is 13.7. The van der Waals surface area contributed by atoms with Crippen LogP contribution in [0.3, 0.4) is 0 Å². The minimum absolute atomic E-state index is 0.120. The molecular weight excluding hydrogens is 460 g/mol. The Morgan fingerprint density at radius 1 is 0.972 bits per heavy atom. The minimum Gasteiger partial charge on any atom is -0.490 e. The molecule has 1 amide bonds. The van der Waals surface area contributed by atoms with Crippen molar-refractivity contribution in [3.8, 4) is 11.5 Å². The number of morpholine rings is 1. The molecule has 3 heterocycles. The lowest BCUT2D eigenvalue weighted by atomic mass is 9.98. The number of rotatable bonds is 9. The van der Waals surface area contributed by atoms with Crippen molar-refractivity contribution < 1.29 is 23.4 Å². The third kappa shape index (κ3) is 4.58. The molecule has 0 bridgehead atoms. The van der Waals surface area contributed by atoms with E-state index in [1.165, 1.54) is 0 Å². The van der Waals surface area contributed by atoms with Crippen LogP contribution in [0.2, 0.25) is 0 Å². The van der Waals surface area contributed by atoms with Crippen LogP contribution >= 0.6 is 0 Å². The predicted octanol–water partition coefficient (Wildman–Crippen LogP) is 3.86. The van der Waals surface area contributed by atoms with Crippen LogP contribution in [-0.2, 0) is 4.74 Å². The first-order valence-corrected chi connectivity index (χ1v) is 12.7. The van der Waals surface area contributed by atoms with Gasteiger partial charge in [-0.25, -0.2) is 0 Å². The van der Waals surface area contributed by atoms with Gasteiger partial charge in [0.2, 0.25) is 5.76 Å². The summed E-state index contributed by atoms with van der Waals surface area (Å²) in [6.07, 6.45) is 0.876. The number of ether oxygens (including phenoxy) is 3. The summed E-state index contributed by atoms with van der Waals surface area (Å²) in [4.78, 5) is 31.4. The number of benzene rings is 2. The summed E-state index contributed by atoms with van der Waals surface area (Å²) >= 11 is 0. The van der Waals surface area contributed by atoms with Gasteiger partial charge in [-0.2, -0.15) is 0 Å². The van der Waals surface area contributed by atoms with Crippen LogP contribution in [0.5, 0.6) is 11.5 Å². The molecule has 36 heavy (non-hydrogen) atoms. The van der Waals surface area contributed by atoms with Crippen molar-refractivity contribution in [2.45, 2.75) is 26.3 Å². The first-order chi connectivity index (χ1) is 17.6. The van der Waals surface area contributed by atoms with Gasteiger partial charge in [-0.05, 0) is 43.2 Å². The van der Waals surface area contributed by atoms with Gasteiger partial charge in [0, 0.05) is 26.2 Å². The molecule has 8 heteroatoms. The summed E-state index contributed by atoms with van der Waals surface area (Å²) in [5.74, 6) is 1.10. The van der Waals surface area contributed by atoms with Crippen molar-refractivity contribution in [3.05, 3.63) is 69.6 Å². The van der Waals surface area contributed by atoms with Gasteiger partial charge in [0.15, 0.2) is 16.9 Å². The first kappa shape index (κ1) is 24.3. The van der Waals surface area contributed by atoms with E-state index in [9.17, 15) is 9.59 Å². The maximum Gasteiger partial charge on any atom is 0.290 e. The van der Waals surface area contributed by atoms with Crippen LogP contribution in [0.25, 0.3) is 11.0 Å². The highest BCUT2D eigenvalue weighted by Gasteiger charge is 2.43. The van der Waals surface area contributed by atoms with Gasteiger partial charge < -0.3 is 23.5 Å². The Kier molecular flexibility index (Phi) is 7.25. The number of para-hydroxylation sites is 1. The van der Waals surface area contributed by atoms with Crippen LogP contribution in [0.4, 0.5) is 0 Å². The highest BCUT2D eigenvalue weighted by atomic mass is 16.5. The van der Waals surface area contributed by atoms with E-state index in [0.717, 1.165) is 25.1 Å². The molecule has 8 nitrogen and oxygen atoms in total. The van der Waals surface area contributed by atoms with Gasteiger partial charge in [-0.15, -0.1) is 0 Å². The largest absolute Gasteiger partial charge is 0.490 e. The van der Waals surface area contributed by atoms with Crippen molar-refractivity contribution in [2.24, 2.45) is 0 Å². The highest BCUT2D eigenvalue weighted by Crippen LogP contribution is 2.41. The topological polar surface area (TPSA) is 81.5 Å². The fourth-order valence-electron chi connectivity index (χ4n) is 4.91. The predicted molar refractivity (Wildman–Crippen MR) is 136 cm³/mol. The molecule has 1 unspecified atom stereocenters. The van der Waals surface area contributed by atoms with Crippen molar-refractivity contribution in [3.63, 3.8) is 0 Å². The molecule has 5 rings (SSSR count). The zero-order valence-electron chi connectivity index (χ0n) is 20.8. The number of fused-ring (bicyclic) bond motifs is 2. The molecular formula is C28H32N2O6. The minimum atomic E-state index is -0.575. The normalized spacial score (nSPS) is 18.0. The Labute approximate surface area is 210 Å². The molecule has 190 valence electrons. The Morgan fingerprint density at radius 2 is 1.78 bits per heavy atom. The molecule has 1 aromatic heterocycles. The number of amides is 1. The number of nitrogens with zero attached hydrogens (tertiary/aromatic N) is 2. The van der Waals surface area contributed by atoms with Crippen LogP contribution in [-0.4, -0.2) is 68.3 Å². The zero-order chi connectivity index (χ0) is 25.1. The fraction of sp³-hybridized carbons (Fsp3) is 0.429. The molecule has 1 fully saturated rings. The Morgan fingerprint density at radius 3 is 2.56 bits per heavy atom. The standard InChI is InChI=1S/C28H32N2O6/c1-3-15-35-22-10-9-19(18-23(22)34-4-2)25-24-26(31)20-7-5-6-8-21(20)36-27(24)28(32)30(25)12-11-29-13-16-33-17-14-29/h5-10,18,25H,3-4,11-17H2,1-2H3. The number of carbonyl (C=O) groups is 1. The third-order valence-corrected chi connectivity index (χ3v) is 6.68. The monoisotopic (exact) mass is 492 g/mol. The van der Waals surface area contributed by atoms with Crippen LogP contribution < -0.4 is 14.9 Å². The zero-order valence-corrected chi connectivity index (χ0v) is 20.8. The van der Waals surface area contributed by atoms with E-state index in [-0.39, 0.29) is 17.1 Å². The van der Waals surface area contributed by atoms with E-state index >= 15 is 0 Å². The molecule has 0 spiro atoms. The molecule has 0 saturated carbocycles. The van der Waals surface area contributed by atoms with Crippen LogP contribution in [0.1, 0.15) is 48.0 Å². The Balaban J connectivity index is 1.59. The van der Waals surface area contributed by atoms with E-state index in [1.807, 2.05) is 32.0 Å². The van der Waals surface area contributed by atoms with Crippen molar-refractivity contribution in [1.29, 1.82) is 0 Å². The molecule has 0 aliphatic carbocycles. The lowest BCUT2D eigenvalue weighted by Crippen LogP contribution is -2.42. The van der Waals surface area contributed by atoms with E-state index in [1.54, 1.807) is 29.2 Å². The first-order valence-electron chi connectivity index (χ1n) is 12.7. The summed E-state index contributed by atoms with van der Waals surface area (Å²) in [5.41, 5.74) is 1.41. The average Bonchev–Trinajstić information content (AvgIpc) is 3.19. The van der Waals surface area contributed by atoms with E-state index in [2.05, 4.69) is 4.90 Å². The summed E-state index contributed by atoms with van der Waals surface area (Å²) in [7, 11) is 0. The molecule has 0 radical (unpaired) electrons. The van der Waals surface area contributed by atoms with Gasteiger partial charge in [-0.3, -0.25) is 14.5 Å². The average molecular weight is 493 g/mol. The lowest BCUT2D eigenvalue weighted by Gasteiger charge is -2.31.